The number of aromatic nitrogens is 1. The van der Waals surface area contributed by atoms with E-state index in [1.54, 1.807) is 13.0 Å². The second kappa shape index (κ2) is 3.38. The minimum Gasteiger partial charge on any atom is -0.481 e. The largest absolute Gasteiger partial charge is 0.481 e. The summed E-state index contributed by atoms with van der Waals surface area (Å²) in [6.07, 6.45) is 1.24. The van der Waals surface area contributed by atoms with E-state index in [2.05, 4.69) is 4.98 Å². The lowest BCUT2D eigenvalue weighted by molar-refractivity contribution is 0.0895. The van der Waals surface area contributed by atoms with Gasteiger partial charge in [0, 0.05) is 24.7 Å². The Labute approximate surface area is 92.6 Å². The van der Waals surface area contributed by atoms with Gasteiger partial charge in [-0.2, -0.15) is 0 Å². The summed E-state index contributed by atoms with van der Waals surface area (Å²) in [5.74, 6) is -2.25. The molecule has 1 atom stereocenters. The molecule has 1 saturated carbocycles. The molecule has 16 heavy (non-hydrogen) atoms. The van der Waals surface area contributed by atoms with Crippen LogP contribution in [0.2, 0.25) is 0 Å². The standard InChI is InChI=1S/C11H14F2N2O/c1-7-3-8(4-15-9(7)16-2)10(6-14)5-11(10,12)13/h3-4H,5-6,14H2,1-2H3. The zero-order valence-electron chi connectivity index (χ0n) is 9.26. The zero-order valence-corrected chi connectivity index (χ0v) is 9.26. The van der Waals surface area contributed by atoms with Gasteiger partial charge in [-0.1, -0.05) is 0 Å². The molecule has 0 spiro atoms. The molecule has 0 amide bonds. The maximum atomic E-state index is 13.3. The Bertz CT molecular complexity index is 422. The summed E-state index contributed by atoms with van der Waals surface area (Å²) in [5.41, 5.74) is 5.49. The van der Waals surface area contributed by atoms with Gasteiger partial charge in [0.1, 0.15) is 0 Å². The van der Waals surface area contributed by atoms with Crippen LogP contribution < -0.4 is 10.5 Å². The van der Waals surface area contributed by atoms with Crippen LogP contribution >= 0.6 is 0 Å². The van der Waals surface area contributed by atoms with Crippen molar-refractivity contribution in [1.29, 1.82) is 0 Å². The van der Waals surface area contributed by atoms with Crippen molar-refractivity contribution in [1.82, 2.24) is 4.98 Å². The van der Waals surface area contributed by atoms with Gasteiger partial charge in [-0.25, -0.2) is 13.8 Å². The average molecular weight is 228 g/mol. The van der Waals surface area contributed by atoms with E-state index in [0.717, 1.165) is 5.56 Å². The van der Waals surface area contributed by atoms with Crippen molar-refractivity contribution in [3.8, 4) is 5.88 Å². The fourth-order valence-corrected chi connectivity index (χ4v) is 2.03. The molecule has 1 heterocycles. The lowest BCUT2D eigenvalue weighted by Gasteiger charge is -2.15. The zero-order chi connectivity index (χ0) is 12.0. The average Bonchev–Trinajstić information content (AvgIpc) is 2.82. The van der Waals surface area contributed by atoms with Crippen molar-refractivity contribution in [2.75, 3.05) is 13.7 Å². The van der Waals surface area contributed by atoms with Crippen molar-refractivity contribution >= 4 is 0 Å². The smallest absolute Gasteiger partial charge is 0.260 e. The number of ether oxygens (including phenoxy) is 1. The highest BCUT2D eigenvalue weighted by Crippen LogP contribution is 2.60. The summed E-state index contributed by atoms with van der Waals surface area (Å²) >= 11 is 0. The molecule has 3 nitrogen and oxygen atoms in total. The predicted molar refractivity (Wildman–Crippen MR) is 55.8 cm³/mol. The van der Waals surface area contributed by atoms with Crippen LogP contribution in [0.4, 0.5) is 8.78 Å². The van der Waals surface area contributed by atoms with Crippen molar-refractivity contribution in [2.24, 2.45) is 5.73 Å². The van der Waals surface area contributed by atoms with E-state index >= 15 is 0 Å². The number of pyridine rings is 1. The number of halogens is 2. The lowest BCUT2D eigenvalue weighted by atomic mass is 9.96. The Morgan fingerprint density at radius 3 is 2.56 bits per heavy atom. The third-order valence-electron chi connectivity index (χ3n) is 3.22. The van der Waals surface area contributed by atoms with Gasteiger partial charge in [0.05, 0.1) is 12.5 Å². The van der Waals surface area contributed by atoms with E-state index in [1.807, 2.05) is 0 Å². The first-order valence-corrected chi connectivity index (χ1v) is 5.06. The van der Waals surface area contributed by atoms with Gasteiger partial charge < -0.3 is 10.5 Å². The molecule has 0 aromatic carbocycles. The molecule has 0 saturated heterocycles. The molecule has 1 aromatic heterocycles. The highest BCUT2D eigenvalue weighted by atomic mass is 19.3. The predicted octanol–water partition coefficient (Wildman–Crippen LogP) is 1.63. The molecular formula is C11H14F2N2O. The second-order valence-corrected chi connectivity index (χ2v) is 4.22. The minimum absolute atomic E-state index is 0.0621. The Balaban J connectivity index is 2.39. The van der Waals surface area contributed by atoms with E-state index in [0.29, 0.717) is 11.4 Å². The maximum absolute atomic E-state index is 13.3. The Morgan fingerprint density at radius 1 is 1.56 bits per heavy atom. The van der Waals surface area contributed by atoms with E-state index < -0.39 is 11.3 Å². The quantitative estimate of drug-likeness (QED) is 0.855. The lowest BCUT2D eigenvalue weighted by Crippen LogP contribution is -2.27. The fraction of sp³-hybridized carbons (Fsp3) is 0.545. The molecule has 1 fully saturated rings. The van der Waals surface area contributed by atoms with E-state index in [4.69, 9.17) is 10.5 Å². The minimum atomic E-state index is -2.70. The maximum Gasteiger partial charge on any atom is 0.260 e. The van der Waals surface area contributed by atoms with Gasteiger partial charge in [-0.05, 0) is 18.6 Å². The Kier molecular flexibility index (Phi) is 2.38. The van der Waals surface area contributed by atoms with Gasteiger partial charge >= 0.3 is 0 Å². The molecule has 1 aliphatic carbocycles. The number of methoxy groups -OCH3 is 1. The molecule has 0 bridgehead atoms. The molecule has 1 aliphatic rings. The SMILES string of the molecule is COc1ncc(C2(CN)CC2(F)F)cc1C. The first-order chi connectivity index (χ1) is 7.47. The van der Waals surface area contributed by atoms with Crippen LogP contribution in [-0.4, -0.2) is 24.6 Å². The van der Waals surface area contributed by atoms with Gasteiger partial charge in [-0.3, -0.25) is 0 Å². The topological polar surface area (TPSA) is 48.1 Å². The van der Waals surface area contributed by atoms with Crippen LogP contribution in [-0.2, 0) is 5.41 Å². The fourth-order valence-electron chi connectivity index (χ4n) is 2.03. The molecule has 0 aliphatic heterocycles. The summed E-state index contributed by atoms with van der Waals surface area (Å²) in [4.78, 5) is 4.01. The summed E-state index contributed by atoms with van der Waals surface area (Å²) in [6, 6.07) is 1.68. The van der Waals surface area contributed by atoms with Crippen molar-refractivity contribution < 1.29 is 13.5 Å². The summed E-state index contributed by atoms with van der Waals surface area (Å²) in [7, 11) is 1.50. The van der Waals surface area contributed by atoms with Gasteiger partial charge in [0.25, 0.3) is 5.92 Å². The number of nitrogens with zero attached hydrogens (tertiary/aromatic N) is 1. The molecule has 2 N–H and O–H groups in total. The highest BCUT2D eigenvalue weighted by Gasteiger charge is 2.71. The third-order valence-corrected chi connectivity index (χ3v) is 3.22. The Morgan fingerprint density at radius 2 is 2.19 bits per heavy atom. The molecule has 0 radical (unpaired) electrons. The summed E-state index contributed by atoms with van der Waals surface area (Å²) in [6.45, 7) is 1.72. The number of alkyl halides is 2. The Hall–Kier alpha value is -1.23. The molecule has 1 unspecified atom stereocenters. The van der Waals surface area contributed by atoms with Crippen LogP contribution in [0.25, 0.3) is 0 Å². The van der Waals surface area contributed by atoms with E-state index in [-0.39, 0.29) is 13.0 Å². The van der Waals surface area contributed by atoms with Crippen molar-refractivity contribution in [3.63, 3.8) is 0 Å². The van der Waals surface area contributed by atoms with E-state index in [9.17, 15) is 8.78 Å². The molecular weight excluding hydrogens is 214 g/mol. The summed E-state index contributed by atoms with van der Waals surface area (Å²) in [5, 5.41) is 0. The normalized spacial score (nSPS) is 26.6. The second-order valence-electron chi connectivity index (χ2n) is 4.22. The first-order valence-electron chi connectivity index (χ1n) is 5.06. The number of aryl methyl sites for hydroxylation is 1. The first kappa shape index (κ1) is 11.3. The molecule has 2 rings (SSSR count). The van der Waals surface area contributed by atoms with Crippen molar-refractivity contribution in [3.05, 3.63) is 23.4 Å². The molecule has 1 aromatic rings. The van der Waals surface area contributed by atoms with Crippen LogP contribution in [0.3, 0.4) is 0 Å². The van der Waals surface area contributed by atoms with Gasteiger partial charge in [0.15, 0.2) is 0 Å². The molecule has 88 valence electrons. The monoisotopic (exact) mass is 228 g/mol. The van der Waals surface area contributed by atoms with Gasteiger partial charge in [0.2, 0.25) is 5.88 Å². The van der Waals surface area contributed by atoms with E-state index in [1.165, 1.54) is 13.3 Å². The van der Waals surface area contributed by atoms with Crippen LogP contribution in [0.15, 0.2) is 12.3 Å². The number of nitrogens with two attached hydrogens (primary N) is 1. The van der Waals surface area contributed by atoms with Crippen LogP contribution in [0.1, 0.15) is 17.5 Å². The van der Waals surface area contributed by atoms with Crippen LogP contribution in [0, 0.1) is 6.92 Å². The van der Waals surface area contributed by atoms with Gasteiger partial charge in [-0.15, -0.1) is 0 Å². The number of hydrogen-bond donors (Lipinski definition) is 1. The summed E-state index contributed by atoms with van der Waals surface area (Å²) < 4.78 is 31.6. The van der Waals surface area contributed by atoms with Crippen LogP contribution in [0.5, 0.6) is 5.88 Å². The highest BCUT2D eigenvalue weighted by molar-refractivity contribution is 5.41. The van der Waals surface area contributed by atoms with Crippen molar-refractivity contribution in [2.45, 2.75) is 24.7 Å². The third kappa shape index (κ3) is 1.38. The number of rotatable bonds is 3. The molecule has 5 heteroatoms. The number of hydrogen-bond acceptors (Lipinski definition) is 3.